The number of carboxylic acids is 1. The van der Waals surface area contributed by atoms with E-state index in [1.54, 1.807) is 0 Å². The van der Waals surface area contributed by atoms with Crippen LogP contribution in [0, 0.1) is 0 Å². The number of carbonyl (C=O) groups excluding carboxylic acids is 1. The van der Waals surface area contributed by atoms with Crippen LogP contribution in [0.4, 0.5) is 0 Å². The van der Waals surface area contributed by atoms with Gasteiger partial charge in [0.2, 0.25) is 0 Å². The highest BCUT2D eigenvalue weighted by atomic mass is 16.4. The molecule has 0 heterocycles. The molecule has 4 heteroatoms. The number of aromatic carboxylic acids is 1. The predicted octanol–water partition coefficient (Wildman–Crippen LogP) is 2.85. The predicted molar refractivity (Wildman–Crippen MR) is 63.5 cm³/mol. The van der Waals surface area contributed by atoms with Crippen molar-refractivity contribution >= 4 is 11.8 Å². The average molecular weight is 236 g/mol. The Hall–Kier alpha value is -1.84. The van der Waals surface area contributed by atoms with Crippen LogP contribution in [0.2, 0.25) is 0 Å². The van der Waals surface area contributed by atoms with Crippen molar-refractivity contribution in [1.82, 2.24) is 0 Å². The average Bonchev–Trinajstić information content (AvgIpc) is 2.28. The summed E-state index contributed by atoms with van der Waals surface area (Å²) < 4.78 is 0. The molecule has 0 atom stereocenters. The Bertz CT molecular complexity index is 423. The molecule has 0 amide bonds. The normalized spacial score (nSPS) is 10.2. The molecule has 0 aromatic heterocycles. The van der Waals surface area contributed by atoms with E-state index in [2.05, 4.69) is 6.92 Å². The minimum absolute atomic E-state index is 0.0642. The Kier molecular flexibility index (Phi) is 4.69. The molecular weight excluding hydrogens is 220 g/mol. The number of unbranched alkanes of at least 4 members (excludes halogenated alkanes) is 2. The van der Waals surface area contributed by atoms with E-state index in [0.717, 1.165) is 19.3 Å². The first-order valence-electron chi connectivity index (χ1n) is 5.65. The molecule has 0 radical (unpaired) electrons. The molecule has 1 rings (SSSR count). The van der Waals surface area contributed by atoms with Gasteiger partial charge in [0, 0.05) is 12.0 Å². The standard InChI is InChI=1S/C13H16O4/c1-2-3-4-5-11(14)9-6-7-10(13(16)17)12(15)8-9/h6-8,15H,2-5H2,1H3,(H,16,17). The van der Waals surface area contributed by atoms with Crippen molar-refractivity contribution in [3.8, 4) is 5.75 Å². The zero-order valence-corrected chi connectivity index (χ0v) is 9.77. The van der Waals surface area contributed by atoms with E-state index in [9.17, 15) is 14.7 Å². The van der Waals surface area contributed by atoms with E-state index in [-0.39, 0.29) is 17.1 Å². The van der Waals surface area contributed by atoms with Crippen molar-refractivity contribution in [2.75, 3.05) is 0 Å². The first kappa shape index (κ1) is 13.2. The third-order valence-electron chi connectivity index (χ3n) is 2.56. The molecule has 0 bridgehead atoms. The number of ketones is 1. The zero-order chi connectivity index (χ0) is 12.8. The molecule has 0 saturated heterocycles. The summed E-state index contributed by atoms with van der Waals surface area (Å²) in [6, 6.07) is 3.92. The van der Waals surface area contributed by atoms with Crippen molar-refractivity contribution in [1.29, 1.82) is 0 Å². The molecule has 4 nitrogen and oxygen atoms in total. The molecular formula is C13H16O4. The first-order chi connectivity index (χ1) is 8.06. The van der Waals surface area contributed by atoms with Gasteiger partial charge >= 0.3 is 5.97 Å². The second-order valence-corrected chi connectivity index (χ2v) is 3.92. The van der Waals surface area contributed by atoms with Crippen LogP contribution in [0.1, 0.15) is 53.3 Å². The fraction of sp³-hybridized carbons (Fsp3) is 0.385. The summed E-state index contributed by atoms with van der Waals surface area (Å²) in [6.07, 6.45) is 3.28. The molecule has 1 aromatic rings. The van der Waals surface area contributed by atoms with Crippen LogP contribution in [-0.2, 0) is 0 Å². The minimum Gasteiger partial charge on any atom is -0.507 e. The van der Waals surface area contributed by atoms with E-state index in [1.165, 1.54) is 18.2 Å². The summed E-state index contributed by atoms with van der Waals surface area (Å²) >= 11 is 0. The molecule has 0 fully saturated rings. The fourth-order valence-electron chi connectivity index (χ4n) is 1.57. The van der Waals surface area contributed by atoms with Gasteiger partial charge in [-0.3, -0.25) is 4.79 Å². The molecule has 92 valence electrons. The molecule has 0 aliphatic carbocycles. The van der Waals surface area contributed by atoms with Gasteiger partial charge < -0.3 is 10.2 Å². The molecule has 0 unspecified atom stereocenters. The molecule has 0 aliphatic rings. The monoisotopic (exact) mass is 236 g/mol. The van der Waals surface area contributed by atoms with Gasteiger partial charge in [-0.15, -0.1) is 0 Å². The fourth-order valence-corrected chi connectivity index (χ4v) is 1.57. The van der Waals surface area contributed by atoms with E-state index < -0.39 is 5.97 Å². The molecule has 17 heavy (non-hydrogen) atoms. The molecule has 1 aromatic carbocycles. The lowest BCUT2D eigenvalue weighted by atomic mass is 10.0. The molecule has 0 aliphatic heterocycles. The quantitative estimate of drug-likeness (QED) is 0.588. The second-order valence-electron chi connectivity index (χ2n) is 3.92. The van der Waals surface area contributed by atoms with Gasteiger partial charge in [-0.25, -0.2) is 4.79 Å². The third kappa shape index (κ3) is 3.59. The van der Waals surface area contributed by atoms with Gasteiger partial charge in [0.25, 0.3) is 0 Å². The summed E-state index contributed by atoms with van der Waals surface area (Å²) in [4.78, 5) is 22.4. The van der Waals surface area contributed by atoms with E-state index in [1.807, 2.05) is 0 Å². The second kappa shape index (κ2) is 6.03. The molecule has 0 spiro atoms. The summed E-state index contributed by atoms with van der Waals surface area (Å²) in [7, 11) is 0. The smallest absolute Gasteiger partial charge is 0.339 e. The SMILES string of the molecule is CCCCCC(=O)c1ccc(C(=O)O)c(O)c1. The Morgan fingerprint density at radius 3 is 2.47 bits per heavy atom. The summed E-state index contributed by atoms with van der Waals surface area (Å²) in [6.45, 7) is 2.05. The third-order valence-corrected chi connectivity index (χ3v) is 2.56. The summed E-state index contributed by atoms with van der Waals surface area (Å²) in [5.41, 5.74) is 0.179. The van der Waals surface area contributed by atoms with Gasteiger partial charge in [-0.1, -0.05) is 25.8 Å². The highest BCUT2D eigenvalue weighted by Gasteiger charge is 2.12. The lowest BCUT2D eigenvalue weighted by Crippen LogP contribution is -2.02. The van der Waals surface area contributed by atoms with Crippen molar-refractivity contribution in [3.05, 3.63) is 29.3 Å². The largest absolute Gasteiger partial charge is 0.507 e. The maximum atomic E-state index is 11.7. The van der Waals surface area contributed by atoms with Crippen LogP contribution in [0.5, 0.6) is 5.75 Å². The van der Waals surface area contributed by atoms with Gasteiger partial charge in [-0.2, -0.15) is 0 Å². The van der Waals surface area contributed by atoms with Gasteiger partial charge in [-0.05, 0) is 18.6 Å². The number of hydrogen-bond acceptors (Lipinski definition) is 3. The van der Waals surface area contributed by atoms with Crippen LogP contribution >= 0.6 is 0 Å². The van der Waals surface area contributed by atoms with Gasteiger partial charge in [0.15, 0.2) is 5.78 Å². The van der Waals surface area contributed by atoms with Crippen molar-refractivity contribution in [2.45, 2.75) is 32.6 Å². The Balaban J connectivity index is 2.76. The highest BCUT2D eigenvalue weighted by Crippen LogP contribution is 2.20. The number of carbonyl (C=O) groups is 2. The Labute approximate surface area is 99.9 Å². The van der Waals surface area contributed by atoms with Crippen LogP contribution < -0.4 is 0 Å². The van der Waals surface area contributed by atoms with Crippen molar-refractivity contribution < 1.29 is 19.8 Å². The van der Waals surface area contributed by atoms with Crippen LogP contribution in [-0.4, -0.2) is 22.0 Å². The Morgan fingerprint density at radius 2 is 1.94 bits per heavy atom. The first-order valence-corrected chi connectivity index (χ1v) is 5.65. The summed E-state index contributed by atoms with van der Waals surface area (Å²) in [5.74, 6) is -1.63. The lowest BCUT2D eigenvalue weighted by Gasteiger charge is -2.03. The highest BCUT2D eigenvalue weighted by molar-refractivity contribution is 5.98. The minimum atomic E-state index is -1.20. The lowest BCUT2D eigenvalue weighted by molar-refractivity contribution is 0.0693. The number of rotatable bonds is 6. The maximum Gasteiger partial charge on any atom is 0.339 e. The number of phenols is 1. The van der Waals surface area contributed by atoms with Crippen molar-refractivity contribution in [2.24, 2.45) is 0 Å². The van der Waals surface area contributed by atoms with Crippen LogP contribution in [0.3, 0.4) is 0 Å². The van der Waals surface area contributed by atoms with Crippen molar-refractivity contribution in [3.63, 3.8) is 0 Å². The number of carboxylic acid groups (broad SMARTS) is 1. The topological polar surface area (TPSA) is 74.6 Å². The van der Waals surface area contributed by atoms with E-state index in [4.69, 9.17) is 5.11 Å². The molecule has 2 N–H and O–H groups in total. The van der Waals surface area contributed by atoms with Crippen LogP contribution in [0.25, 0.3) is 0 Å². The van der Waals surface area contributed by atoms with Gasteiger partial charge in [0.05, 0.1) is 0 Å². The van der Waals surface area contributed by atoms with Gasteiger partial charge in [0.1, 0.15) is 11.3 Å². The van der Waals surface area contributed by atoms with E-state index >= 15 is 0 Å². The Morgan fingerprint density at radius 1 is 1.24 bits per heavy atom. The number of hydrogen-bond donors (Lipinski definition) is 2. The molecule has 0 saturated carbocycles. The number of Topliss-reactive ketones (excluding diaryl/α,β-unsaturated/α-hetero) is 1. The summed E-state index contributed by atoms with van der Waals surface area (Å²) in [5, 5.41) is 18.2. The number of benzene rings is 1. The van der Waals surface area contributed by atoms with E-state index in [0.29, 0.717) is 12.0 Å². The zero-order valence-electron chi connectivity index (χ0n) is 9.77. The van der Waals surface area contributed by atoms with Crippen LogP contribution in [0.15, 0.2) is 18.2 Å². The maximum absolute atomic E-state index is 11.7. The number of aromatic hydroxyl groups is 1.